The van der Waals surface area contributed by atoms with Crippen LogP contribution in [0.1, 0.15) is 51.8 Å². The van der Waals surface area contributed by atoms with E-state index >= 15 is 0 Å². The van der Waals surface area contributed by atoms with Gasteiger partial charge >= 0.3 is 0 Å². The van der Waals surface area contributed by atoms with Crippen molar-refractivity contribution in [3.8, 4) is 0 Å². The standard InChI is InChI=1S/C18H28FN3O/c1-12(2)22-7-5-14(6-8-22)13(3)23-18(4)9-16(19)15-11-20-21-17(15)10-18/h9,11-14H,5-8,10H2,1-4H3,(H,20,21). The number of aromatic amines is 1. The van der Waals surface area contributed by atoms with Gasteiger partial charge in [0.05, 0.1) is 23.5 Å². The van der Waals surface area contributed by atoms with Gasteiger partial charge in [0.2, 0.25) is 0 Å². The third-order valence-corrected chi connectivity index (χ3v) is 5.36. The van der Waals surface area contributed by atoms with Crippen LogP contribution in [0.2, 0.25) is 0 Å². The average molecular weight is 321 g/mol. The van der Waals surface area contributed by atoms with Gasteiger partial charge in [0.1, 0.15) is 5.83 Å². The molecule has 0 spiro atoms. The number of fused-ring (bicyclic) bond motifs is 1. The molecule has 5 heteroatoms. The number of hydrogen-bond donors (Lipinski definition) is 1. The summed E-state index contributed by atoms with van der Waals surface area (Å²) < 4.78 is 20.6. The molecule has 2 aliphatic rings. The summed E-state index contributed by atoms with van der Waals surface area (Å²) in [6.45, 7) is 10.9. The summed E-state index contributed by atoms with van der Waals surface area (Å²) in [5.74, 6) is 0.311. The van der Waals surface area contributed by atoms with Crippen LogP contribution >= 0.6 is 0 Å². The van der Waals surface area contributed by atoms with Crippen LogP contribution in [0.15, 0.2) is 12.3 Å². The summed E-state index contributed by atoms with van der Waals surface area (Å²) in [6.07, 6.45) is 6.23. The topological polar surface area (TPSA) is 41.1 Å². The van der Waals surface area contributed by atoms with Crippen molar-refractivity contribution in [2.75, 3.05) is 13.1 Å². The minimum Gasteiger partial charge on any atom is -0.367 e. The number of piperidine rings is 1. The predicted molar refractivity (Wildman–Crippen MR) is 89.8 cm³/mol. The highest BCUT2D eigenvalue weighted by atomic mass is 19.1. The molecule has 0 amide bonds. The molecule has 1 fully saturated rings. The van der Waals surface area contributed by atoms with Gasteiger partial charge in [-0.25, -0.2) is 4.39 Å². The zero-order valence-corrected chi connectivity index (χ0v) is 14.6. The third-order valence-electron chi connectivity index (χ3n) is 5.36. The molecule has 1 aliphatic heterocycles. The van der Waals surface area contributed by atoms with Crippen molar-refractivity contribution in [3.63, 3.8) is 0 Å². The van der Waals surface area contributed by atoms with Crippen LogP contribution in [0.4, 0.5) is 4.39 Å². The molecule has 2 atom stereocenters. The molecular weight excluding hydrogens is 293 g/mol. The van der Waals surface area contributed by atoms with Gasteiger partial charge in [-0.1, -0.05) is 0 Å². The highest BCUT2D eigenvalue weighted by Crippen LogP contribution is 2.36. The number of ether oxygens (including phenoxy) is 1. The van der Waals surface area contributed by atoms with Gasteiger partial charge in [0.25, 0.3) is 0 Å². The number of halogens is 1. The maximum absolute atomic E-state index is 14.3. The lowest BCUT2D eigenvalue weighted by Crippen LogP contribution is -2.44. The molecule has 3 rings (SSSR count). The van der Waals surface area contributed by atoms with Gasteiger partial charge in [-0.15, -0.1) is 0 Å². The Kier molecular flexibility index (Phi) is 4.61. The van der Waals surface area contributed by atoms with E-state index in [0.29, 0.717) is 23.9 Å². The molecule has 0 aromatic carbocycles. The lowest BCUT2D eigenvalue weighted by molar-refractivity contribution is -0.0813. The monoisotopic (exact) mass is 321 g/mol. The maximum Gasteiger partial charge on any atom is 0.132 e. The summed E-state index contributed by atoms with van der Waals surface area (Å²) in [7, 11) is 0. The highest BCUT2D eigenvalue weighted by Gasteiger charge is 2.36. The fourth-order valence-corrected chi connectivity index (χ4v) is 3.90. The summed E-state index contributed by atoms with van der Waals surface area (Å²) in [5.41, 5.74) is 0.802. The van der Waals surface area contributed by atoms with Gasteiger partial charge in [0.15, 0.2) is 0 Å². The number of likely N-dealkylation sites (tertiary alicyclic amines) is 1. The first-order valence-electron chi connectivity index (χ1n) is 8.71. The quantitative estimate of drug-likeness (QED) is 0.922. The van der Waals surface area contributed by atoms with Crippen molar-refractivity contribution < 1.29 is 9.13 Å². The largest absolute Gasteiger partial charge is 0.367 e. The molecule has 1 saturated heterocycles. The number of nitrogens with zero attached hydrogens (tertiary/aromatic N) is 2. The molecule has 1 aliphatic carbocycles. The van der Waals surface area contributed by atoms with E-state index in [4.69, 9.17) is 4.74 Å². The van der Waals surface area contributed by atoms with Crippen molar-refractivity contribution >= 4 is 5.83 Å². The highest BCUT2D eigenvalue weighted by molar-refractivity contribution is 5.64. The molecule has 0 bridgehead atoms. The lowest BCUT2D eigenvalue weighted by Gasteiger charge is -2.40. The smallest absolute Gasteiger partial charge is 0.132 e. The minimum atomic E-state index is -0.599. The van der Waals surface area contributed by atoms with Crippen LogP contribution < -0.4 is 0 Å². The van der Waals surface area contributed by atoms with Gasteiger partial charge in [0, 0.05) is 18.2 Å². The van der Waals surface area contributed by atoms with Crippen LogP contribution in [-0.2, 0) is 11.2 Å². The number of hydrogen-bond acceptors (Lipinski definition) is 3. The second-order valence-corrected chi connectivity index (χ2v) is 7.53. The van der Waals surface area contributed by atoms with Gasteiger partial charge in [-0.05, 0) is 65.6 Å². The van der Waals surface area contributed by atoms with E-state index in [1.54, 1.807) is 12.3 Å². The number of nitrogens with one attached hydrogen (secondary N) is 1. The molecular formula is C18H28FN3O. The summed E-state index contributed by atoms with van der Waals surface area (Å²) >= 11 is 0. The Bertz CT molecular complexity index is 575. The van der Waals surface area contributed by atoms with Crippen LogP contribution in [0.3, 0.4) is 0 Å². The second kappa shape index (κ2) is 6.36. The Morgan fingerprint density at radius 3 is 2.70 bits per heavy atom. The van der Waals surface area contributed by atoms with Crippen molar-refractivity contribution in [2.45, 2.75) is 64.7 Å². The molecule has 1 aromatic rings. The molecule has 1 N–H and O–H groups in total. The molecule has 0 saturated carbocycles. The Morgan fingerprint density at radius 1 is 1.35 bits per heavy atom. The molecule has 0 radical (unpaired) electrons. The molecule has 4 nitrogen and oxygen atoms in total. The fraction of sp³-hybridized carbons (Fsp3) is 0.722. The molecule has 2 heterocycles. The summed E-state index contributed by atoms with van der Waals surface area (Å²) in [5, 5.41) is 6.84. The molecule has 23 heavy (non-hydrogen) atoms. The van der Waals surface area contributed by atoms with E-state index in [9.17, 15) is 4.39 Å². The predicted octanol–water partition coefficient (Wildman–Crippen LogP) is 3.56. The van der Waals surface area contributed by atoms with Crippen LogP contribution in [-0.4, -0.2) is 45.9 Å². The zero-order chi connectivity index (χ0) is 16.6. The molecule has 2 unspecified atom stereocenters. The SMILES string of the molecule is CC(OC1(C)C=C(F)c2cn[nH]c2C1)C1CCN(C(C)C)CC1. The second-order valence-electron chi connectivity index (χ2n) is 7.53. The molecule has 1 aromatic heterocycles. The lowest BCUT2D eigenvalue weighted by atomic mass is 9.88. The normalized spacial score (nSPS) is 27.8. The van der Waals surface area contributed by atoms with E-state index < -0.39 is 5.60 Å². The average Bonchev–Trinajstić information content (AvgIpc) is 2.95. The van der Waals surface area contributed by atoms with Crippen molar-refractivity contribution in [2.24, 2.45) is 5.92 Å². The fourth-order valence-electron chi connectivity index (χ4n) is 3.90. The third kappa shape index (κ3) is 3.50. The van der Waals surface area contributed by atoms with E-state index in [1.807, 2.05) is 6.92 Å². The van der Waals surface area contributed by atoms with Gasteiger partial charge < -0.3 is 9.64 Å². The maximum atomic E-state index is 14.3. The first-order valence-corrected chi connectivity index (χ1v) is 8.71. The first kappa shape index (κ1) is 16.7. The van der Waals surface area contributed by atoms with Crippen LogP contribution in [0.5, 0.6) is 0 Å². The number of H-pyrrole nitrogens is 1. The van der Waals surface area contributed by atoms with E-state index in [0.717, 1.165) is 31.6 Å². The minimum absolute atomic E-state index is 0.128. The van der Waals surface area contributed by atoms with Crippen molar-refractivity contribution in [1.82, 2.24) is 15.1 Å². The number of rotatable bonds is 4. The van der Waals surface area contributed by atoms with E-state index in [1.165, 1.54) is 0 Å². The zero-order valence-electron chi connectivity index (χ0n) is 14.6. The van der Waals surface area contributed by atoms with E-state index in [2.05, 4.69) is 35.9 Å². The Morgan fingerprint density at radius 2 is 2.04 bits per heavy atom. The van der Waals surface area contributed by atoms with Crippen molar-refractivity contribution in [3.05, 3.63) is 23.5 Å². The first-order chi connectivity index (χ1) is 10.9. The van der Waals surface area contributed by atoms with Crippen molar-refractivity contribution in [1.29, 1.82) is 0 Å². The van der Waals surface area contributed by atoms with Crippen LogP contribution in [0, 0.1) is 5.92 Å². The van der Waals surface area contributed by atoms with Crippen LogP contribution in [0.25, 0.3) is 5.83 Å². The number of aromatic nitrogens is 2. The van der Waals surface area contributed by atoms with Gasteiger partial charge in [-0.2, -0.15) is 5.10 Å². The van der Waals surface area contributed by atoms with Gasteiger partial charge in [-0.3, -0.25) is 5.10 Å². The summed E-state index contributed by atoms with van der Waals surface area (Å²) in [4.78, 5) is 2.52. The Hall–Kier alpha value is -1.20. The Labute approximate surface area is 138 Å². The molecule has 128 valence electrons. The van der Waals surface area contributed by atoms with E-state index in [-0.39, 0.29) is 11.9 Å². The summed E-state index contributed by atoms with van der Waals surface area (Å²) in [6, 6.07) is 0.610. The Balaban J connectivity index is 1.62.